The molecule has 1 atom stereocenters. The molecule has 1 aliphatic rings. The number of carbonyl (C=O) groups excluding carboxylic acids is 1. The maximum Gasteiger partial charge on any atom is 0.191 e. The summed E-state index contributed by atoms with van der Waals surface area (Å²) in [6, 6.07) is 4.90. The molecule has 0 bridgehead atoms. The van der Waals surface area contributed by atoms with Crippen LogP contribution in [0.1, 0.15) is 23.2 Å². The van der Waals surface area contributed by atoms with Gasteiger partial charge in [-0.25, -0.2) is 0 Å². The molecule has 4 heteroatoms. The van der Waals surface area contributed by atoms with Crippen molar-refractivity contribution in [3.8, 4) is 0 Å². The molecule has 0 amide bonds. The van der Waals surface area contributed by atoms with Crippen molar-refractivity contribution in [2.75, 3.05) is 6.61 Å². The van der Waals surface area contributed by atoms with Crippen LogP contribution in [-0.4, -0.2) is 18.5 Å². The predicted molar refractivity (Wildman–Crippen MR) is 59.8 cm³/mol. The molecule has 0 saturated carbocycles. The lowest BCUT2D eigenvalue weighted by atomic mass is 10.0. The number of hydrogen-bond donors (Lipinski definition) is 0. The molecule has 0 radical (unpaired) electrons. The number of halogens is 2. The van der Waals surface area contributed by atoms with E-state index >= 15 is 0 Å². The van der Waals surface area contributed by atoms with Crippen molar-refractivity contribution in [2.24, 2.45) is 0 Å². The van der Waals surface area contributed by atoms with Gasteiger partial charge in [0.25, 0.3) is 0 Å². The molecule has 80 valence electrons. The Bertz CT molecular complexity index is 384. The lowest BCUT2D eigenvalue weighted by Gasteiger charge is -2.08. The van der Waals surface area contributed by atoms with Crippen LogP contribution in [0.2, 0.25) is 10.0 Å². The molecule has 1 aliphatic heterocycles. The summed E-state index contributed by atoms with van der Waals surface area (Å²) < 4.78 is 5.31. The van der Waals surface area contributed by atoms with E-state index in [1.807, 2.05) is 0 Å². The first kappa shape index (κ1) is 10.9. The molecule has 0 spiro atoms. The molecule has 1 saturated heterocycles. The lowest BCUT2D eigenvalue weighted by Crippen LogP contribution is -2.19. The molecule has 1 aromatic carbocycles. The predicted octanol–water partition coefficient (Wildman–Crippen LogP) is 3.36. The minimum atomic E-state index is -0.303. The van der Waals surface area contributed by atoms with E-state index in [9.17, 15) is 4.79 Å². The summed E-state index contributed by atoms with van der Waals surface area (Å²) in [5.41, 5.74) is 0.566. The van der Waals surface area contributed by atoms with E-state index in [-0.39, 0.29) is 11.9 Å². The Morgan fingerprint density at radius 1 is 1.33 bits per heavy atom. The number of ketones is 1. The van der Waals surface area contributed by atoms with Crippen LogP contribution < -0.4 is 0 Å². The molecule has 0 N–H and O–H groups in total. The van der Waals surface area contributed by atoms with Gasteiger partial charge in [0.1, 0.15) is 6.10 Å². The SMILES string of the molecule is O=C(c1ccc(Cl)c(Cl)c1)C1CCCO1. The molecule has 0 aromatic heterocycles. The van der Waals surface area contributed by atoms with E-state index in [1.54, 1.807) is 18.2 Å². The minimum Gasteiger partial charge on any atom is -0.370 e. The van der Waals surface area contributed by atoms with E-state index in [0.717, 1.165) is 12.8 Å². The molecule has 1 unspecified atom stereocenters. The van der Waals surface area contributed by atoms with Crippen molar-refractivity contribution in [1.82, 2.24) is 0 Å². The highest BCUT2D eigenvalue weighted by Crippen LogP contribution is 2.25. The molecule has 2 nitrogen and oxygen atoms in total. The Hall–Kier alpha value is -0.570. The smallest absolute Gasteiger partial charge is 0.191 e. The second kappa shape index (κ2) is 4.52. The van der Waals surface area contributed by atoms with Gasteiger partial charge >= 0.3 is 0 Å². The molecule has 2 rings (SSSR count). The summed E-state index contributed by atoms with van der Waals surface area (Å²) in [6.45, 7) is 0.664. The number of Topliss-reactive ketones (excluding diaryl/α,β-unsaturated/α-hetero) is 1. The summed E-state index contributed by atoms with van der Waals surface area (Å²) in [7, 11) is 0. The van der Waals surface area contributed by atoms with Crippen LogP contribution in [0.3, 0.4) is 0 Å². The van der Waals surface area contributed by atoms with Crippen molar-refractivity contribution in [1.29, 1.82) is 0 Å². The lowest BCUT2D eigenvalue weighted by molar-refractivity contribution is 0.0643. The largest absolute Gasteiger partial charge is 0.370 e. The van der Waals surface area contributed by atoms with Crippen molar-refractivity contribution in [3.05, 3.63) is 33.8 Å². The van der Waals surface area contributed by atoms with Gasteiger partial charge in [0.2, 0.25) is 0 Å². The van der Waals surface area contributed by atoms with Crippen LogP contribution in [0, 0.1) is 0 Å². The third-order valence-electron chi connectivity index (χ3n) is 2.43. The van der Waals surface area contributed by atoms with Crippen LogP contribution in [-0.2, 0) is 4.74 Å². The monoisotopic (exact) mass is 244 g/mol. The normalized spacial score (nSPS) is 20.5. The average Bonchev–Trinajstić information content (AvgIpc) is 2.74. The van der Waals surface area contributed by atoms with E-state index < -0.39 is 0 Å². The summed E-state index contributed by atoms with van der Waals surface area (Å²) in [4.78, 5) is 11.9. The fourth-order valence-corrected chi connectivity index (χ4v) is 1.92. The Morgan fingerprint density at radius 3 is 2.73 bits per heavy atom. The topological polar surface area (TPSA) is 26.3 Å². The number of carbonyl (C=O) groups is 1. The highest BCUT2D eigenvalue weighted by atomic mass is 35.5. The van der Waals surface area contributed by atoms with Crippen molar-refractivity contribution in [2.45, 2.75) is 18.9 Å². The maximum atomic E-state index is 11.9. The minimum absolute atomic E-state index is 0.00827. The molecule has 1 fully saturated rings. The quantitative estimate of drug-likeness (QED) is 0.747. The molecular weight excluding hydrogens is 235 g/mol. The van der Waals surface area contributed by atoms with E-state index in [0.29, 0.717) is 22.2 Å². The Kier molecular flexibility index (Phi) is 3.29. The zero-order valence-corrected chi connectivity index (χ0v) is 9.52. The number of hydrogen-bond acceptors (Lipinski definition) is 2. The van der Waals surface area contributed by atoms with Gasteiger partial charge in [-0.15, -0.1) is 0 Å². The molecule has 15 heavy (non-hydrogen) atoms. The summed E-state index contributed by atoms with van der Waals surface area (Å²) >= 11 is 11.6. The van der Waals surface area contributed by atoms with Gasteiger partial charge in [-0.2, -0.15) is 0 Å². The summed E-state index contributed by atoms with van der Waals surface area (Å²) in [5.74, 6) is -0.00827. The highest BCUT2D eigenvalue weighted by Gasteiger charge is 2.24. The van der Waals surface area contributed by atoms with E-state index in [1.165, 1.54) is 0 Å². The fourth-order valence-electron chi connectivity index (χ4n) is 1.62. The second-order valence-electron chi connectivity index (χ2n) is 3.49. The van der Waals surface area contributed by atoms with Gasteiger partial charge in [0.15, 0.2) is 5.78 Å². The average molecular weight is 245 g/mol. The Labute approximate surface area is 98.1 Å². The van der Waals surface area contributed by atoms with Gasteiger partial charge < -0.3 is 4.74 Å². The zero-order chi connectivity index (χ0) is 10.8. The van der Waals surface area contributed by atoms with Crippen molar-refractivity contribution < 1.29 is 9.53 Å². The summed E-state index contributed by atoms with van der Waals surface area (Å²) in [5, 5.41) is 0.862. The maximum absolute atomic E-state index is 11.9. The summed E-state index contributed by atoms with van der Waals surface area (Å²) in [6.07, 6.45) is 1.43. The Balaban J connectivity index is 2.21. The zero-order valence-electron chi connectivity index (χ0n) is 8.00. The van der Waals surface area contributed by atoms with Crippen LogP contribution in [0.5, 0.6) is 0 Å². The molecule has 1 heterocycles. The van der Waals surface area contributed by atoms with Crippen LogP contribution in [0.25, 0.3) is 0 Å². The van der Waals surface area contributed by atoms with Gasteiger partial charge in [-0.3, -0.25) is 4.79 Å². The standard InChI is InChI=1S/C11H10Cl2O2/c12-8-4-3-7(6-9(8)13)11(14)10-2-1-5-15-10/h3-4,6,10H,1-2,5H2. The van der Waals surface area contributed by atoms with Gasteiger partial charge in [0.05, 0.1) is 10.0 Å². The number of rotatable bonds is 2. The van der Waals surface area contributed by atoms with Gasteiger partial charge in [0, 0.05) is 12.2 Å². The van der Waals surface area contributed by atoms with Crippen LogP contribution in [0.4, 0.5) is 0 Å². The van der Waals surface area contributed by atoms with Crippen LogP contribution >= 0.6 is 23.2 Å². The number of ether oxygens (including phenoxy) is 1. The first-order valence-corrected chi connectivity index (χ1v) is 5.55. The number of benzene rings is 1. The van der Waals surface area contributed by atoms with Crippen LogP contribution in [0.15, 0.2) is 18.2 Å². The van der Waals surface area contributed by atoms with Crippen molar-refractivity contribution in [3.63, 3.8) is 0 Å². The molecule has 1 aromatic rings. The van der Waals surface area contributed by atoms with Gasteiger partial charge in [-0.05, 0) is 31.0 Å². The van der Waals surface area contributed by atoms with E-state index in [2.05, 4.69) is 0 Å². The third-order valence-corrected chi connectivity index (χ3v) is 3.17. The first-order valence-electron chi connectivity index (χ1n) is 4.79. The third kappa shape index (κ3) is 2.33. The van der Waals surface area contributed by atoms with E-state index in [4.69, 9.17) is 27.9 Å². The highest BCUT2D eigenvalue weighted by molar-refractivity contribution is 6.42. The van der Waals surface area contributed by atoms with Gasteiger partial charge in [-0.1, -0.05) is 23.2 Å². The first-order chi connectivity index (χ1) is 7.18. The molecular formula is C11H10Cl2O2. The Morgan fingerprint density at radius 2 is 2.13 bits per heavy atom. The van der Waals surface area contributed by atoms with Crippen molar-refractivity contribution >= 4 is 29.0 Å². The second-order valence-corrected chi connectivity index (χ2v) is 4.31. The molecule has 0 aliphatic carbocycles. The fraction of sp³-hybridized carbons (Fsp3) is 0.364.